The molecule has 0 saturated heterocycles. The Kier molecular flexibility index (Phi) is 7.50. The van der Waals surface area contributed by atoms with Crippen LogP contribution in [0, 0.1) is 5.92 Å². The second kappa shape index (κ2) is 8.15. The van der Waals surface area contributed by atoms with Gasteiger partial charge in [-0.05, 0) is 6.42 Å². The number of hydrogen-bond acceptors (Lipinski definition) is 3. The van der Waals surface area contributed by atoms with Crippen molar-refractivity contribution in [3.8, 4) is 0 Å². The molecule has 0 heterocycles. The summed E-state index contributed by atoms with van der Waals surface area (Å²) in [4.78, 5) is 32.7. The van der Waals surface area contributed by atoms with E-state index >= 15 is 0 Å². The van der Waals surface area contributed by atoms with Gasteiger partial charge in [0.15, 0.2) is 0 Å². The van der Waals surface area contributed by atoms with Crippen LogP contribution in [-0.2, 0) is 14.4 Å². The third-order valence-electron chi connectivity index (χ3n) is 2.07. The largest absolute Gasteiger partial charge is 0.356 e. The summed E-state index contributed by atoms with van der Waals surface area (Å²) in [6.07, 6.45) is 2.33. The van der Waals surface area contributed by atoms with Crippen LogP contribution in [0.5, 0.6) is 0 Å². The van der Waals surface area contributed by atoms with E-state index in [1.807, 2.05) is 6.92 Å². The number of rotatable bonds is 8. The molecule has 0 spiro atoms. The van der Waals surface area contributed by atoms with E-state index in [2.05, 4.69) is 5.32 Å². The molecule has 0 aliphatic carbocycles. The number of nitrogens with one attached hydrogen (secondary N) is 1. The molecule has 0 rings (SSSR count). The van der Waals surface area contributed by atoms with Gasteiger partial charge < -0.3 is 10.1 Å². The minimum atomic E-state index is -0.296. The lowest BCUT2D eigenvalue weighted by Crippen LogP contribution is -2.30. The molecule has 0 aromatic rings. The van der Waals surface area contributed by atoms with E-state index in [1.54, 1.807) is 6.92 Å². The Labute approximate surface area is 90.4 Å². The van der Waals surface area contributed by atoms with Gasteiger partial charge in [0.1, 0.15) is 12.1 Å². The highest BCUT2D eigenvalue weighted by molar-refractivity contribution is 5.87. The number of aldehydes is 1. The first-order valence-corrected chi connectivity index (χ1v) is 5.34. The molecule has 1 atom stereocenters. The van der Waals surface area contributed by atoms with Crippen molar-refractivity contribution in [1.29, 1.82) is 0 Å². The molecule has 15 heavy (non-hydrogen) atoms. The van der Waals surface area contributed by atoms with Gasteiger partial charge in [0.2, 0.25) is 5.91 Å². The van der Waals surface area contributed by atoms with Crippen LogP contribution in [0.15, 0.2) is 0 Å². The molecule has 0 radical (unpaired) electrons. The van der Waals surface area contributed by atoms with Gasteiger partial charge in [-0.3, -0.25) is 9.59 Å². The van der Waals surface area contributed by atoms with Crippen LogP contribution in [0.1, 0.15) is 39.5 Å². The minimum absolute atomic E-state index is 0.0266. The van der Waals surface area contributed by atoms with Gasteiger partial charge in [-0.1, -0.05) is 13.8 Å². The predicted molar refractivity (Wildman–Crippen MR) is 57.4 cm³/mol. The van der Waals surface area contributed by atoms with Crippen LogP contribution in [0.4, 0.5) is 0 Å². The Morgan fingerprint density at radius 3 is 2.60 bits per heavy atom. The van der Waals surface area contributed by atoms with E-state index in [9.17, 15) is 14.4 Å². The SMILES string of the molecule is CCCNC(=O)[C@H](C)CC(=O)CCC=O. The topological polar surface area (TPSA) is 63.2 Å². The van der Waals surface area contributed by atoms with Crippen LogP contribution >= 0.6 is 0 Å². The zero-order valence-electron chi connectivity index (χ0n) is 9.41. The van der Waals surface area contributed by atoms with E-state index < -0.39 is 0 Å². The zero-order chi connectivity index (χ0) is 11.7. The maximum Gasteiger partial charge on any atom is 0.223 e. The van der Waals surface area contributed by atoms with E-state index in [0.717, 1.165) is 12.7 Å². The third-order valence-corrected chi connectivity index (χ3v) is 2.07. The molecular formula is C11H19NO3. The van der Waals surface area contributed by atoms with E-state index in [4.69, 9.17) is 0 Å². The number of ketones is 1. The van der Waals surface area contributed by atoms with Crippen LogP contribution < -0.4 is 5.32 Å². The van der Waals surface area contributed by atoms with E-state index in [1.165, 1.54) is 0 Å². The fourth-order valence-corrected chi connectivity index (χ4v) is 1.18. The lowest BCUT2D eigenvalue weighted by molar-refractivity contribution is -0.129. The van der Waals surface area contributed by atoms with Crippen LogP contribution in [-0.4, -0.2) is 24.5 Å². The number of carbonyl (C=O) groups is 3. The lowest BCUT2D eigenvalue weighted by Gasteiger charge is -2.10. The average molecular weight is 213 g/mol. The highest BCUT2D eigenvalue weighted by Crippen LogP contribution is 2.05. The Morgan fingerprint density at radius 2 is 2.07 bits per heavy atom. The van der Waals surface area contributed by atoms with Gasteiger partial charge in [0.05, 0.1) is 0 Å². The molecule has 86 valence electrons. The molecule has 1 N–H and O–H groups in total. The maximum absolute atomic E-state index is 11.4. The maximum atomic E-state index is 11.4. The van der Waals surface area contributed by atoms with Gasteiger partial charge in [-0.15, -0.1) is 0 Å². The zero-order valence-corrected chi connectivity index (χ0v) is 9.41. The Bertz CT molecular complexity index is 226. The molecule has 0 saturated carbocycles. The van der Waals surface area contributed by atoms with Gasteiger partial charge in [-0.2, -0.15) is 0 Å². The Morgan fingerprint density at radius 1 is 1.40 bits per heavy atom. The van der Waals surface area contributed by atoms with Crippen molar-refractivity contribution in [2.24, 2.45) is 5.92 Å². The molecule has 0 fully saturated rings. The van der Waals surface area contributed by atoms with Crippen molar-refractivity contribution in [3.63, 3.8) is 0 Å². The summed E-state index contributed by atoms with van der Waals surface area (Å²) >= 11 is 0. The Balaban J connectivity index is 3.79. The molecule has 0 aromatic carbocycles. The molecule has 0 aliphatic rings. The summed E-state index contributed by atoms with van der Waals surface area (Å²) in [7, 11) is 0. The monoisotopic (exact) mass is 213 g/mol. The number of hydrogen-bond donors (Lipinski definition) is 1. The quantitative estimate of drug-likeness (QED) is 0.614. The second-order valence-corrected chi connectivity index (χ2v) is 3.64. The van der Waals surface area contributed by atoms with Crippen LogP contribution in [0.25, 0.3) is 0 Å². The fraction of sp³-hybridized carbons (Fsp3) is 0.727. The molecular weight excluding hydrogens is 194 g/mol. The predicted octanol–water partition coefficient (Wildman–Crippen LogP) is 1.09. The van der Waals surface area contributed by atoms with Crippen molar-refractivity contribution in [2.75, 3.05) is 6.54 Å². The minimum Gasteiger partial charge on any atom is -0.356 e. The van der Waals surface area contributed by atoms with Crippen molar-refractivity contribution in [3.05, 3.63) is 0 Å². The molecule has 1 amide bonds. The van der Waals surface area contributed by atoms with Crippen molar-refractivity contribution in [2.45, 2.75) is 39.5 Å². The van der Waals surface area contributed by atoms with Gasteiger partial charge in [0, 0.05) is 31.7 Å². The van der Waals surface area contributed by atoms with Crippen molar-refractivity contribution < 1.29 is 14.4 Å². The third kappa shape index (κ3) is 6.82. The van der Waals surface area contributed by atoms with Crippen molar-refractivity contribution in [1.82, 2.24) is 5.32 Å². The second-order valence-electron chi connectivity index (χ2n) is 3.64. The standard InChI is InChI=1S/C11H19NO3/c1-3-6-12-11(15)9(2)8-10(14)5-4-7-13/h7,9H,3-6,8H2,1-2H3,(H,12,15)/t9-/m1/s1. The number of carbonyl (C=O) groups excluding carboxylic acids is 3. The highest BCUT2D eigenvalue weighted by atomic mass is 16.2. The summed E-state index contributed by atoms with van der Waals surface area (Å²) in [5.74, 6) is -0.409. The van der Waals surface area contributed by atoms with Gasteiger partial charge >= 0.3 is 0 Å². The summed E-state index contributed by atoms with van der Waals surface area (Å²) < 4.78 is 0. The number of Topliss-reactive ketones (excluding diaryl/α,β-unsaturated/α-hetero) is 1. The first kappa shape index (κ1) is 13.8. The normalized spacial score (nSPS) is 11.9. The molecule has 0 bridgehead atoms. The summed E-state index contributed by atoms with van der Waals surface area (Å²) in [6, 6.07) is 0. The van der Waals surface area contributed by atoms with E-state index in [0.29, 0.717) is 6.54 Å². The van der Waals surface area contributed by atoms with Gasteiger partial charge in [0.25, 0.3) is 0 Å². The average Bonchev–Trinajstić information content (AvgIpc) is 2.22. The molecule has 4 heteroatoms. The molecule has 0 aliphatic heterocycles. The Hall–Kier alpha value is -1.19. The number of amides is 1. The highest BCUT2D eigenvalue weighted by Gasteiger charge is 2.15. The summed E-state index contributed by atoms with van der Waals surface area (Å²) in [6.45, 7) is 4.34. The van der Waals surface area contributed by atoms with Gasteiger partial charge in [-0.25, -0.2) is 0 Å². The smallest absolute Gasteiger partial charge is 0.223 e. The molecule has 4 nitrogen and oxygen atoms in total. The summed E-state index contributed by atoms with van der Waals surface area (Å²) in [5, 5.41) is 2.73. The van der Waals surface area contributed by atoms with Crippen LogP contribution in [0.3, 0.4) is 0 Å². The first-order chi connectivity index (χ1) is 7.11. The fourth-order valence-electron chi connectivity index (χ4n) is 1.18. The molecule has 0 unspecified atom stereocenters. The van der Waals surface area contributed by atoms with Crippen LogP contribution in [0.2, 0.25) is 0 Å². The summed E-state index contributed by atoms with van der Waals surface area (Å²) in [5.41, 5.74) is 0. The first-order valence-electron chi connectivity index (χ1n) is 5.34. The molecule has 0 aromatic heterocycles. The van der Waals surface area contributed by atoms with E-state index in [-0.39, 0.29) is 36.9 Å². The van der Waals surface area contributed by atoms with Crippen molar-refractivity contribution >= 4 is 18.0 Å². The lowest BCUT2D eigenvalue weighted by atomic mass is 10.0.